The molecule has 0 aromatic heterocycles. The molecule has 0 spiro atoms. The highest BCUT2D eigenvalue weighted by Gasteiger charge is 2.15. The van der Waals surface area contributed by atoms with Crippen molar-refractivity contribution in [3.8, 4) is 5.75 Å². The Balaban J connectivity index is 1.82. The highest BCUT2D eigenvalue weighted by molar-refractivity contribution is 6.00. The van der Waals surface area contributed by atoms with Gasteiger partial charge in [0.25, 0.3) is 0 Å². The normalized spacial score (nSPS) is 18.9. The molecule has 20 heavy (non-hydrogen) atoms. The number of carbonyl (C=O) groups is 1. The number of ether oxygens (including phenoxy) is 2. The van der Waals surface area contributed by atoms with E-state index in [1.165, 1.54) is 6.42 Å². The van der Waals surface area contributed by atoms with Gasteiger partial charge in [-0.3, -0.25) is 4.79 Å². The molecule has 3 heteroatoms. The largest absolute Gasteiger partial charge is 0.490 e. The molecule has 0 radical (unpaired) electrons. The van der Waals surface area contributed by atoms with Crippen LogP contribution >= 0.6 is 0 Å². The molecule has 0 amide bonds. The van der Waals surface area contributed by atoms with Crippen LogP contribution in [0.5, 0.6) is 5.75 Å². The first-order valence-corrected chi connectivity index (χ1v) is 7.10. The molecule has 1 aliphatic rings. The van der Waals surface area contributed by atoms with Crippen LogP contribution < -0.4 is 4.74 Å². The Bertz CT molecular complexity index is 600. The van der Waals surface area contributed by atoms with Gasteiger partial charge in [0, 0.05) is 17.6 Å². The molecule has 1 heterocycles. The Labute approximate surface area is 118 Å². The van der Waals surface area contributed by atoms with E-state index in [0.29, 0.717) is 12.2 Å². The van der Waals surface area contributed by atoms with Crippen molar-refractivity contribution in [1.82, 2.24) is 0 Å². The maximum atomic E-state index is 11.1. The van der Waals surface area contributed by atoms with Gasteiger partial charge in [-0.25, -0.2) is 0 Å². The third-order valence-electron chi connectivity index (χ3n) is 3.74. The number of hydrogen-bond donors (Lipinski definition) is 0. The van der Waals surface area contributed by atoms with Crippen molar-refractivity contribution in [2.45, 2.75) is 25.4 Å². The summed E-state index contributed by atoms with van der Waals surface area (Å²) < 4.78 is 11.6. The Morgan fingerprint density at radius 2 is 2.00 bits per heavy atom. The zero-order valence-electron chi connectivity index (χ0n) is 11.4. The summed E-state index contributed by atoms with van der Waals surface area (Å²) >= 11 is 0. The number of fused-ring (bicyclic) bond motifs is 1. The van der Waals surface area contributed by atoms with E-state index in [0.717, 1.165) is 42.3 Å². The Kier molecular flexibility index (Phi) is 3.97. The van der Waals surface area contributed by atoms with Crippen molar-refractivity contribution in [2.24, 2.45) is 0 Å². The van der Waals surface area contributed by atoms with Crippen LogP contribution in [0, 0.1) is 0 Å². The minimum absolute atomic E-state index is 0.188. The fourth-order valence-corrected chi connectivity index (χ4v) is 2.64. The van der Waals surface area contributed by atoms with Crippen molar-refractivity contribution in [3.05, 3.63) is 42.0 Å². The molecular weight excluding hydrogens is 252 g/mol. The van der Waals surface area contributed by atoms with Gasteiger partial charge in [-0.05, 0) is 36.8 Å². The zero-order chi connectivity index (χ0) is 13.8. The minimum atomic E-state index is 0.188. The molecule has 104 valence electrons. The molecule has 0 aliphatic carbocycles. The molecule has 0 bridgehead atoms. The van der Waals surface area contributed by atoms with Crippen LogP contribution in [-0.4, -0.2) is 25.6 Å². The fourth-order valence-electron chi connectivity index (χ4n) is 2.64. The number of carbonyl (C=O) groups excluding carboxylic acids is 1. The molecule has 0 saturated carbocycles. The van der Waals surface area contributed by atoms with Gasteiger partial charge in [-0.2, -0.15) is 0 Å². The van der Waals surface area contributed by atoms with Gasteiger partial charge in [-0.1, -0.05) is 24.3 Å². The van der Waals surface area contributed by atoms with Crippen molar-refractivity contribution >= 4 is 17.1 Å². The lowest BCUT2D eigenvalue weighted by atomic mass is 10.0. The molecule has 3 rings (SSSR count). The molecule has 1 fully saturated rings. The monoisotopic (exact) mass is 270 g/mol. The summed E-state index contributed by atoms with van der Waals surface area (Å²) in [6, 6.07) is 11.5. The molecule has 0 N–H and O–H groups in total. The highest BCUT2D eigenvalue weighted by Crippen LogP contribution is 2.28. The van der Waals surface area contributed by atoms with E-state index < -0.39 is 0 Å². The van der Waals surface area contributed by atoms with Crippen LogP contribution in [0.1, 0.15) is 29.6 Å². The van der Waals surface area contributed by atoms with Crippen LogP contribution in [0.15, 0.2) is 36.4 Å². The van der Waals surface area contributed by atoms with E-state index >= 15 is 0 Å². The van der Waals surface area contributed by atoms with Crippen LogP contribution in [0.3, 0.4) is 0 Å². The number of aldehydes is 1. The maximum absolute atomic E-state index is 11.1. The molecule has 1 saturated heterocycles. The summed E-state index contributed by atoms with van der Waals surface area (Å²) in [7, 11) is 0. The third-order valence-corrected chi connectivity index (χ3v) is 3.74. The number of benzene rings is 2. The summed E-state index contributed by atoms with van der Waals surface area (Å²) in [4.78, 5) is 11.1. The van der Waals surface area contributed by atoms with Gasteiger partial charge in [0.05, 0.1) is 6.10 Å². The first-order chi connectivity index (χ1) is 9.88. The van der Waals surface area contributed by atoms with E-state index in [1.54, 1.807) is 0 Å². The standard InChI is InChI=1S/C17H18O3/c18-11-13-8-9-17(16-7-2-1-6-15(13)16)20-12-14-5-3-4-10-19-14/h1-2,6-9,11,14H,3-5,10,12H2/t14-/m0/s1. The quantitative estimate of drug-likeness (QED) is 0.796. The SMILES string of the molecule is O=Cc1ccc(OC[C@@H]2CCCCO2)c2ccccc12. The first kappa shape index (κ1) is 13.1. The molecule has 1 atom stereocenters. The molecule has 1 aliphatic heterocycles. The average Bonchev–Trinajstić information content (AvgIpc) is 2.53. The Morgan fingerprint density at radius 3 is 2.75 bits per heavy atom. The van der Waals surface area contributed by atoms with Crippen molar-refractivity contribution in [3.63, 3.8) is 0 Å². The van der Waals surface area contributed by atoms with Gasteiger partial charge in [0.1, 0.15) is 12.4 Å². The van der Waals surface area contributed by atoms with Crippen molar-refractivity contribution in [2.75, 3.05) is 13.2 Å². The summed E-state index contributed by atoms with van der Waals surface area (Å²) in [5.74, 6) is 0.820. The predicted octanol–water partition coefficient (Wildman–Crippen LogP) is 3.60. The second-order valence-electron chi connectivity index (χ2n) is 5.12. The predicted molar refractivity (Wildman–Crippen MR) is 78.4 cm³/mol. The molecule has 2 aromatic rings. The van der Waals surface area contributed by atoms with Crippen molar-refractivity contribution in [1.29, 1.82) is 0 Å². The molecule has 0 unspecified atom stereocenters. The zero-order valence-corrected chi connectivity index (χ0v) is 11.4. The lowest BCUT2D eigenvalue weighted by Gasteiger charge is -2.23. The summed E-state index contributed by atoms with van der Waals surface area (Å²) in [5, 5.41) is 1.91. The summed E-state index contributed by atoms with van der Waals surface area (Å²) in [6.07, 6.45) is 4.49. The molecular formula is C17H18O3. The van der Waals surface area contributed by atoms with Crippen molar-refractivity contribution < 1.29 is 14.3 Å². The molecule has 3 nitrogen and oxygen atoms in total. The second kappa shape index (κ2) is 6.06. The van der Waals surface area contributed by atoms with Gasteiger partial charge in [-0.15, -0.1) is 0 Å². The van der Waals surface area contributed by atoms with E-state index in [-0.39, 0.29) is 6.10 Å². The Hall–Kier alpha value is -1.87. The number of hydrogen-bond acceptors (Lipinski definition) is 3. The van der Waals surface area contributed by atoms with Crippen LogP contribution in [0.2, 0.25) is 0 Å². The smallest absolute Gasteiger partial charge is 0.150 e. The fraction of sp³-hybridized carbons (Fsp3) is 0.353. The Morgan fingerprint density at radius 1 is 1.15 bits per heavy atom. The lowest BCUT2D eigenvalue weighted by Crippen LogP contribution is -2.25. The number of rotatable bonds is 4. The lowest BCUT2D eigenvalue weighted by molar-refractivity contribution is -0.0107. The van der Waals surface area contributed by atoms with Gasteiger partial charge < -0.3 is 9.47 Å². The van der Waals surface area contributed by atoms with Crippen LogP contribution in [-0.2, 0) is 4.74 Å². The van der Waals surface area contributed by atoms with Gasteiger partial charge in [0.15, 0.2) is 6.29 Å². The average molecular weight is 270 g/mol. The van der Waals surface area contributed by atoms with E-state index in [1.807, 2.05) is 36.4 Å². The van der Waals surface area contributed by atoms with Crippen LogP contribution in [0.4, 0.5) is 0 Å². The van der Waals surface area contributed by atoms with E-state index in [9.17, 15) is 4.79 Å². The third kappa shape index (κ3) is 2.68. The summed E-state index contributed by atoms with van der Waals surface area (Å²) in [6.45, 7) is 1.41. The van der Waals surface area contributed by atoms with Gasteiger partial charge >= 0.3 is 0 Å². The van der Waals surface area contributed by atoms with E-state index in [4.69, 9.17) is 9.47 Å². The topological polar surface area (TPSA) is 35.5 Å². The highest BCUT2D eigenvalue weighted by atomic mass is 16.5. The summed E-state index contributed by atoms with van der Waals surface area (Å²) in [5.41, 5.74) is 0.696. The van der Waals surface area contributed by atoms with E-state index in [2.05, 4.69) is 0 Å². The van der Waals surface area contributed by atoms with Gasteiger partial charge in [0.2, 0.25) is 0 Å². The molecule has 2 aromatic carbocycles. The maximum Gasteiger partial charge on any atom is 0.150 e. The second-order valence-corrected chi connectivity index (χ2v) is 5.12. The first-order valence-electron chi connectivity index (χ1n) is 7.10. The van der Waals surface area contributed by atoms with Crippen LogP contribution in [0.25, 0.3) is 10.8 Å². The minimum Gasteiger partial charge on any atom is -0.490 e.